The summed E-state index contributed by atoms with van der Waals surface area (Å²) in [7, 11) is 0. The first-order chi connectivity index (χ1) is 6.72. The largest absolute Gasteiger partial charge is 0.385 e. The van der Waals surface area contributed by atoms with Crippen LogP contribution in [0.25, 0.3) is 0 Å². The molecule has 4 nitrogen and oxygen atoms in total. The van der Waals surface area contributed by atoms with E-state index in [0.717, 1.165) is 25.0 Å². The van der Waals surface area contributed by atoms with Gasteiger partial charge in [0.2, 0.25) is 0 Å². The van der Waals surface area contributed by atoms with Gasteiger partial charge in [-0.05, 0) is 36.5 Å². The average molecular weight is 192 g/mol. The smallest absolute Gasteiger partial charge is 0.272 e. The number of benzene rings is 1. The van der Waals surface area contributed by atoms with Crippen molar-refractivity contribution >= 4 is 5.69 Å². The van der Waals surface area contributed by atoms with Crippen molar-refractivity contribution in [2.24, 2.45) is 0 Å². The summed E-state index contributed by atoms with van der Waals surface area (Å²) in [6, 6.07) is 4.69. The van der Waals surface area contributed by atoms with Crippen molar-refractivity contribution in [3.63, 3.8) is 0 Å². The predicted molar refractivity (Wildman–Crippen MR) is 50.4 cm³/mol. The first kappa shape index (κ1) is 9.15. The Kier molecular flexibility index (Phi) is 2.21. The van der Waals surface area contributed by atoms with Crippen LogP contribution in [0.3, 0.4) is 0 Å². The van der Waals surface area contributed by atoms with Crippen LogP contribution in [-0.4, -0.2) is 10.0 Å². The Bertz CT molecular complexity index is 372. The van der Waals surface area contributed by atoms with Crippen LogP contribution in [0.4, 0.5) is 5.69 Å². The molecule has 0 saturated heterocycles. The number of nitro benzene ring substituents is 1. The Morgan fingerprint density at radius 1 is 1.50 bits per heavy atom. The van der Waals surface area contributed by atoms with Gasteiger partial charge in [-0.1, -0.05) is 0 Å². The molecule has 73 valence electrons. The minimum absolute atomic E-state index is 0.165. The number of hydrogen-bond donors (Lipinski definition) is 1. The molecule has 0 unspecified atom stereocenters. The third-order valence-corrected chi connectivity index (χ3v) is 2.41. The van der Waals surface area contributed by atoms with Gasteiger partial charge >= 0.3 is 0 Å². The molecule has 0 aliphatic heterocycles. The Morgan fingerprint density at radius 3 is 2.71 bits per heavy atom. The van der Waals surface area contributed by atoms with Gasteiger partial charge in [-0.15, -0.1) is 0 Å². The van der Waals surface area contributed by atoms with Crippen molar-refractivity contribution in [2.75, 3.05) is 0 Å². The van der Waals surface area contributed by atoms with E-state index in [-0.39, 0.29) is 10.6 Å². The zero-order valence-corrected chi connectivity index (χ0v) is 7.51. The van der Waals surface area contributed by atoms with Crippen molar-refractivity contribution in [1.29, 1.82) is 0 Å². The predicted octanol–water partition coefficient (Wildman–Crippen LogP) is 2.35. The highest BCUT2D eigenvalue weighted by atomic mass is 16.6. The monoisotopic (exact) mass is 192 g/mol. The van der Waals surface area contributed by atoms with Gasteiger partial charge in [-0.25, -0.2) is 0 Å². The maximum Gasteiger partial charge on any atom is 0.272 e. The van der Waals surface area contributed by atoms with E-state index in [2.05, 4.69) is 0 Å². The fourth-order valence-electron chi connectivity index (χ4n) is 1.54. The zero-order chi connectivity index (χ0) is 10.1. The molecule has 1 aliphatic rings. The number of nitrogens with zero attached hydrogens (tertiary/aromatic N) is 1. The molecule has 1 aromatic rings. The molecule has 1 radical (unpaired) electrons. The number of nitro groups is 1. The Labute approximate surface area is 81.3 Å². The van der Waals surface area contributed by atoms with Crippen LogP contribution in [0.1, 0.15) is 29.9 Å². The SMILES string of the molecule is O=[N+]([O-])c1ccc([CH]O)cc1C1CC1. The number of aliphatic hydroxyl groups is 1. The lowest BCUT2D eigenvalue weighted by Gasteiger charge is -2.02. The fraction of sp³-hybridized carbons (Fsp3) is 0.300. The molecule has 1 N–H and O–H groups in total. The van der Waals surface area contributed by atoms with Gasteiger partial charge in [0.15, 0.2) is 0 Å². The van der Waals surface area contributed by atoms with Crippen LogP contribution in [0.15, 0.2) is 18.2 Å². The summed E-state index contributed by atoms with van der Waals surface area (Å²) in [6.07, 6.45) is 2.02. The molecule has 4 heteroatoms. The summed E-state index contributed by atoms with van der Waals surface area (Å²) in [5, 5.41) is 19.5. The van der Waals surface area contributed by atoms with E-state index in [1.165, 1.54) is 6.07 Å². The molecule has 1 aliphatic carbocycles. The molecule has 2 rings (SSSR count). The van der Waals surface area contributed by atoms with E-state index in [9.17, 15) is 10.1 Å². The molecule has 0 atom stereocenters. The standard InChI is InChI=1S/C10H10NO3/c12-6-7-1-4-10(11(13)14)9(5-7)8-2-3-8/h1,4-6,8,12H,2-3H2. The molecule has 0 amide bonds. The van der Waals surface area contributed by atoms with Crippen molar-refractivity contribution in [2.45, 2.75) is 18.8 Å². The lowest BCUT2D eigenvalue weighted by Crippen LogP contribution is -1.95. The first-order valence-corrected chi connectivity index (χ1v) is 4.48. The van der Waals surface area contributed by atoms with Crippen LogP contribution in [0, 0.1) is 16.7 Å². The van der Waals surface area contributed by atoms with Gasteiger partial charge in [0.1, 0.15) is 6.61 Å². The molecule has 1 aromatic carbocycles. The van der Waals surface area contributed by atoms with Crippen molar-refractivity contribution in [3.8, 4) is 0 Å². The normalized spacial score (nSPS) is 15.5. The third kappa shape index (κ3) is 1.61. The molecule has 1 fully saturated rings. The Balaban J connectivity index is 2.43. The maximum atomic E-state index is 10.7. The van der Waals surface area contributed by atoms with Gasteiger partial charge in [0, 0.05) is 11.6 Å². The highest BCUT2D eigenvalue weighted by Crippen LogP contribution is 2.44. The molecule has 0 spiro atoms. The molecule has 14 heavy (non-hydrogen) atoms. The van der Waals surface area contributed by atoms with Gasteiger partial charge in [-0.3, -0.25) is 10.1 Å². The van der Waals surface area contributed by atoms with Crippen molar-refractivity contribution in [3.05, 3.63) is 46.0 Å². The lowest BCUT2D eigenvalue weighted by molar-refractivity contribution is -0.385. The highest BCUT2D eigenvalue weighted by molar-refractivity contribution is 5.47. The van der Waals surface area contributed by atoms with E-state index in [1.54, 1.807) is 12.1 Å². The summed E-state index contributed by atoms with van der Waals surface area (Å²) >= 11 is 0. The molecular weight excluding hydrogens is 182 g/mol. The maximum absolute atomic E-state index is 10.7. The molecule has 1 saturated carbocycles. The Hall–Kier alpha value is -1.42. The Morgan fingerprint density at radius 2 is 2.21 bits per heavy atom. The second-order valence-electron chi connectivity index (χ2n) is 3.48. The van der Waals surface area contributed by atoms with Gasteiger partial charge in [0.25, 0.3) is 5.69 Å². The first-order valence-electron chi connectivity index (χ1n) is 4.48. The fourth-order valence-corrected chi connectivity index (χ4v) is 1.54. The van der Waals surface area contributed by atoms with Crippen LogP contribution in [-0.2, 0) is 0 Å². The number of aliphatic hydroxyl groups excluding tert-OH is 1. The average Bonchev–Trinajstić information content (AvgIpc) is 3.00. The van der Waals surface area contributed by atoms with Gasteiger partial charge < -0.3 is 5.11 Å². The molecule has 0 bridgehead atoms. The lowest BCUT2D eigenvalue weighted by atomic mass is 10.1. The van der Waals surface area contributed by atoms with Gasteiger partial charge in [-0.2, -0.15) is 0 Å². The van der Waals surface area contributed by atoms with E-state index >= 15 is 0 Å². The summed E-state index contributed by atoms with van der Waals surface area (Å²) < 4.78 is 0. The van der Waals surface area contributed by atoms with E-state index < -0.39 is 0 Å². The van der Waals surface area contributed by atoms with Crippen LogP contribution < -0.4 is 0 Å². The van der Waals surface area contributed by atoms with Gasteiger partial charge in [0.05, 0.1) is 4.92 Å². The van der Waals surface area contributed by atoms with Crippen LogP contribution in [0.2, 0.25) is 0 Å². The van der Waals surface area contributed by atoms with Crippen LogP contribution in [0.5, 0.6) is 0 Å². The van der Waals surface area contributed by atoms with Crippen molar-refractivity contribution < 1.29 is 10.0 Å². The molecule has 0 heterocycles. The minimum Gasteiger partial charge on any atom is -0.385 e. The van der Waals surface area contributed by atoms with Crippen LogP contribution >= 0.6 is 0 Å². The van der Waals surface area contributed by atoms with E-state index in [4.69, 9.17) is 5.11 Å². The summed E-state index contributed by atoms with van der Waals surface area (Å²) in [5.74, 6) is 0.315. The highest BCUT2D eigenvalue weighted by Gasteiger charge is 2.30. The summed E-state index contributed by atoms with van der Waals surface area (Å²) in [4.78, 5) is 10.3. The topological polar surface area (TPSA) is 63.4 Å². The quantitative estimate of drug-likeness (QED) is 0.590. The third-order valence-electron chi connectivity index (χ3n) is 2.41. The second-order valence-corrected chi connectivity index (χ2v) is 3.48. The van der Waals surface area contributed by atoms with E-state index in [0.29, 0.717) is 11.5 Å². The van der Waals surface area contributed by atoms with E-state index in [1.807, 2.05) is 0 Å². The summed E-state index contributed by atoms with van der Waals surface area (Å²) in [5.41, 5.74) is 1.54. The summed E-state index contributed by atoms with van der Waals surface area (Å²) in [6.45, 7) is 0.968. The molecule has 0 aromatic heterocycles. The second kappa shape index (κ2) is 3.38. The zero-order valence-electron chi connectivity index (χ0n) is 7.51. The molecular formula is C10H10NO3. The van der Waals surface area contributed by atoms with Crippen molar-refractivity contribution in [1.82, 2.24) is 0 Å². The minimum atomic E-state index is -0.366. The number of hydrogen-bond acceptors (Lipinski definition) is 3. The number of rotatable bonds is 3.